The average molecular weight is 289 g/mol. The Morgan fingerprint density at radius 1 is 1.20 bits per heavy atom. The monoisotopic (exact) mass is 289 g/mol. The minimum absolute atomic E-state index is 0.181. The van der Waals surface area contributed by atoms with Crippen molar-refractivity contribution < 1.29 is 9.84 Å². The van der Waals surface area contributed by atoms with E-state index in [1.165, 1.54) is 4.90 Å². The lowest BCUT2D eigenvalue weighted by Gasteiger charge is -2.12. The van der Waals surface area contributed by atoms with Crippen LogP contribution >= 0.6 is 11.8 Å². The quantitative estimate of drug-likeness (QED) is 0.785. The van der Waals surface area contributed by atoms with Crippen molar-refractivity contribution in [1.82, 2.24) is 0 Å². The summed E-state index contributed by atoms with van der Waals surface area (Å²) in [5, 5.41) is 13.1. The standard InChI is InChI=1S/C16H19NO2S/c1-3-19-15-10-12(8-9-14(15)18)11-17-13-6-4-5-7-16(13)20-2/h4-10,17-18H,3,11H2,1-2H3. The van der Waals surface area contributed by atoms with Gasteiger partial charge in [-0.15, -0.1) is 11.8 Å². The van der Waals surface area contributed by atoms with Crippen molar-refractivity contribution >= 4 is 17.4 Å². The van der Waals surface area contributed by atoms with Gasteiger partial charge in [0.05, 0.1) is 6.61 Å². The maximum absolute atomic E-state index is 9.68. The Balaban J connectivity index is 2.09. The summed E-state index contributed by atoms with van der Waals surface area (Å²) in [6, 6.07) is 13.6. The highest BCUT2D eigenvalue weighted by atomic mass is 32.2. The zero-order chi connectivity index (χ0) is 14.4. The topological polar surface area (TPSA) is 41.5 Å². The summed E-state index contributed by atoms with van der Waals surface area (Å²) in [7, 11) is 0. The van der Waals surface area contributed by atoms with Crippen molar-refractivity contribution in [1.29, 1.82) is 0 Å². The van der Waals surface area contributed by atoms with Gasteiger partial charge in [0, 0.05) is 17.1 Å². The van der Waals surface area contributed by atoms with Crippen LogP contribution in [0.5, 0.6) is 11.5 Å². The fourth-order valence-electron chi connectivity index (χ4n) is 1.93. The van der Waals surface area contributed by atoms with E-state index in [0.717, 1.165) is 11.3 Å². The Labute approximate surface area is 124 Å². The molecule has 0 aliphatic carbocycles. The molecule has 0 aliphatic rings. The third-order valence-electron chi connectivity index (χ3n) is 2.91. The summed E-state index contributed by atoms with van der Waals surface area (Å²) < 4.78 is 5.39. The first-order valence-electron chi connectivity index (χ1n) is 6.56. The van der Waals surface area contributed by atoms with Gasteiger partial charge in [0.1, 0.15) is 0 Å². The Morgan fingerprint density at radius 2 is 2.00 bits per heavy atom. The molecule has 0 radical (unpaired) electrons. The van der Waals surface area contributed by atoms with Crippen LogP contribution in [0.25, 0.3) is 0 Å². The van der Waals surface area contributed by atoms with Gasteiger partial charge in [0.25, 0.3) is 0 Å². The third-order valence-corrected chi connectivity index (χ3v) is 3.71. The normalized spacial score (nSPS) is 10.3. The third kappa shape index (κ3) is 3.61. The number of aromatic hydroxyl groups is 1. The second-order valence-electron chi connectivity index (χ2n) is 4.29. The number of phenolic OH excluding ortho intramolecular Hbond substituents is 1. The van der Waals surface area contributed by atoms with Crippen LogP contribution in [0, 0.1) is 0 Å². The molecule has 0 saturated heterocycles. The molecular weight excluding hydrogens is 270 g/mol. The molecule has 0 atom stereocenters. The minimum atomic E-state index is 0.181. The highest BCUT2D eigenvalue weighted by molar-refractivity contribution is 7.98. The van der Waals surface area contributed by atoms with E-state index in [2.05, 4.69) is 23.7 Å². The van der Waals surface area contributed by atoms with E-state index in [-0.39, 0.29) is 5.75 Å². The van der Waals surface area contributed by atoms with Crippen molar-refractivity contribution in [2.75, 3.05) is 18.2 Å². The first-order valence-corrected chi connectivity index (χ1v) is 7.78. The number of ether oxygens (including phenoxy) is 1. The number of anilines is 1. The van der Waals surface area contributed by atoms with Gasteiger partial charge in [-0.05, 0) is 43.0 Å². The zero-order valence-electron chi connectivity index (χ0n) is 11.7. The molecule has 0 bridgehead atoms. The first-order chi connectivity index (χ1) is 9.74. The predicted molar refractivity (Wildman–Crippen MR) is 84.8 cm³/mol. The van der Waals surface area contributed by atoms with Crippen LogP contribution in [-0.4, -0.2) is 18.0 Å². The largest absolute Gasteiger partial charge is 0.504 e. The molecule has 20 heavy (non-hydrogen) atoms. The molecule has 2 N–H and O–H groups in total. The van der Waals surface area contributed by atoms with Gasteiger partial charge in [-0.3, -0.25) is 0 Å². The average Bonchev–Trinajstić information content (AvgIpc) is 2.48. The zero-order valence-corrected chi connectivity index (χ0v) is 12.5. The molecule has 2 rings (SSSR count). The van der Waals surface area contributed by atoms with E-state index in [1.807, 2.05) is 31.2 Å². The summed E-state index contributed by atoms with van der Waals surface area (Å²) in [5.41, 5.74) is 2.19. The fourth-order valence-corrected chi connectivity index (χ4v) is 2.50. The molecule has 0 fully saturated rings. The van der Waals surface area contributed by atoms with Crippen molar-refractivity contribution in [2.45, 2.75) is 18.4 Å². The molecule has 0 spiro atoms. The molecule has 4 heteroatoms. The lowest BCUT2D eigenvalue weighted by molar-refractivity contribution is 0.318. The fraction of sp³-hybridized carbons (Fsp3) is 0.250. The van der Waals surface area contributed by atoms with Crippen LogP contribution in [0.15, 0.2) is 47.4 Å². The number of benzene rings is 2. The van der Waals surface area contributed by atoms with Crippen LogP contribution in [-0.2, 0) is 6.54 Å². The maximum atomic E-state index is 9.68. The van der Waals surface area contributed by atoms with Crippen molar-refractivity contribution in [3.63, 3.8) is 0 Å². The Bertz CT molecular complexity index is 572. The second-order valence-corrected chi connectivity index (χ2v) is 5.14. The number of thioether (sulfide) groups is 1. The van der Waals surface area contributed by atoms with Gasteiger partial charge in [-0.2, -0.15) is 0 Å². The van der Waals surface area contributed by atoms with Crippen LogP contribution < -0.4 is 10.1 Å². The minimum Gasteiger partial charge on any atom is -0.504 e. The predicted octanol–water partition coefficient (Wildman–Crippen LogP) is 4.12. The summed E-state index contributed by atoms with van der Waals surface area (Å²) in [6.07, 6.45) is 2.06. The van der Waals surface area contributed by atoms with E-state index in [4.69, 9.17) is 4.74 Å². The summed E-state index contributed by atoms with van der Waals surface area (Å²) in [6.45, 7) is 3.14. The Morgan fingerprint density at radius 3 is 2.75 bits per heavy atom. The van der Waals surface area contributed by atoms with Crippen LogP contribution in [0.2, 0.25) is 0 Å². The second kappa shape index (κ2) is 7.10. The molecule has 106 valence electrons. The molecule has 2 aromatic carbocycles. The number of hydrogen-bond donors (Lipinski definition) is 2. The number of hydrogen-bond acceptors (Lipinski definition) is 4. The van der Waals surface area contributed by atoms with Gasteiger partial charge in [-0.1, -0.05) is 18.2 Å². The van der Waals surface area contributed by atoms with E-state index in [9.17, 15) is 5.11 Å². The van der Waals surface area contributed by atoms with E-state index < -0.39 is 0 Å². The smallest absolute Gasteiger partial charge is 0.161 e. The summed E-state index contributed by atoms with van der Waals surface area (Å²) in [4.78, 5) is 1.22. The van der Waals surface area contributed by atoms with Crippen molar-refractivity contribution in [3.05, 3.63) is 48.0 Å². The molecular formula is C16H19NO2S. The number of phenols is 1. The molecule has 2 aromatic rings. The number of nitrogens with one attached hydrogen (secondary N) is 1. The molecule has 0 unspecified atom stereocenters. The lowest BCUT2D eigenvalue weighted by Crippen LogP contribution is -2.01. The first kappa shape index (κ1) is 14.6. The summed E-state index contributed by atoms with van der Waals surface area (Å²) >= 11 is 1.72. The van der Waals surface area contributed by atoms with Crippen molar-refractivity contribution in [2.24, 2.45) is 0 Å². The number of rotatable bonds is 6. The van der Waals surface area contributed by atoms with E-state index in [1.54, 1.807) is 17.8 Å². The van der Waals surface area contributed by atoms with Crippen molar-refractivity contribution in [3.8, 4) is 11.5 Å². The van der Waals surface area contributed by atoms with Gasteiger partial charge in [-0.25, -0.2) is 0 Å². The van der Waals surface area contributed by atoms with Crippen LogP contribution in [0.3, 0.4) is 0 Å². The van der Waals surface area contributed by atoms with Gasteiger partial charge >= 0.3 is 0 Å². The molecule has 3 nitrogen and oxygen atoms in total. The highest BCUT2D eigenvalue weighted by Crippen LogP contribution is 2.28. The van der Waals surface area contributed by atoms with Crippen LogP contribution in [0.1, 0.15) is 12.5 Å². The molecule has 0 amide bonds. The Kier molecular flexibility index (Phi) is 5.18. The van der Waals surface area contributed by atoms with Gasteiger partial charge in [0.2, 0.25) is 0 Å². The Hall–Kier alpha value is -1.81. The van der Waals surface area contributed by atoms with Crippen LogP contribution in [0.4, 0.5) is 5.69 Å². The van der Waals surface area contributed by atoms with Gasteiger partial charge < -0.3 is 15.2 Å². The highest BCUT2D eigenvalue weighted by Gasteiger charge is 2.04. The molecule has 0 aliphatic heterocycles. The molecule has 0 aromatic heterocycles. The summed E-state index contributed by atoms with van der Waals surface area (Å²) in [5.74, 6) is 0.713. The SMILES string of the molecule is CCOc1cc(CNc2ccccc2SC)ccc1O. The molecule has 0 saturated carbocycles. The van der Waals surface area contributed by atoms with E-state index in [0.29, 0.717) is 18.9 Å². The van der Waals surface area contributed by atoms with E-state index >= 15 is 0 Å². The molecule has 0 heterocycles. The number of para-hydroxylation sites is 1. The van der Waals surface area contributed by atoms with Gasteiger partial charge in [0.15, 0.2) is 11.5 Å². The maximum Gasteiger partial charge on any atom is 0.161 e. The lowest BCUT2D eigenvalue weighted by atomic mass is 10.2.